The van der Waals surface area contributed by atoms with Crippen molar-refractivity contribution in [1.82, 2.24) is 10.0 Å². The van der Waals surface area contributed by atoms with E-state index in [0.717, 1.165) is 25.7 Å². The molecule has 2 N–H and O–H groups in total. The Bertz CT molecular complexity index is 685. The van der Waals surface area contributed by atoms with Crippen molar-refractivity contribution in [3.05, 3.63) is 28.2 Å². The fraction of sp³-hybridized carbons (Fsp3) is 0.588. The fourth-order valence-electron chi connectivity index (χ4n) is 2.30. The van der Waals surface area contributed by atoms with Crippen LogP contribution in [0.25, 0.3) is 0 Å². The highest BCUT2D eigenvalue weighted by molar-refractivity contribution is 7.98. The molecule has 148 valence electrons. The fourth-order valence-corrected chi connectivity index (χ4v) is 4.76. The number of carbonyl (C=O) groups is 1. The summed E-state index contributed by atoms with van der Waals surface area (Å²) in [5, 5.41) is 3.14. The molecule has 1 rings (SSSR count). The summed E-state index contributed by atoms with van der Waals surface area (Å²) in [6.07, 6.45) is 6.44. The number of hydrogen-bond acceptors (Lipinski definition) is 4. The van der Waals surface area contributed by atoms with Crippen LogP contribution in [-0.4, -0.2) is 38.9 Å². The molecule has 0 aliphatic heterocycles. The molecule has 5 nitrogen and oxygen atoms in total. The second kappa shape index (κ2) is 12.1. The van der Waals surface area contributed by atoms with E-state index in [1.54, 1.807) is 11.8 Å². The average Bonchev–Trinajstić information content (AvgIpc) is 2.60. The Morgan fingerprint density at radius 2 is 1.96 bits per heavy atom. The maximum atomic E-state index is 12.7. The van der Waals surface area contributed by atoms with Crippen LogP contribution in [0.4, 0.5) is 0 Å². The number of amides is 1. The van der Waals surface area contributed by atoms with Crippen LogP contribution in [0.2, 0.25) is 10.0 Å². The van der Waals surface area contributed by atoms with Gasteiger partial charge < -0.3 is 5.32 Å². The molecule has 1 unspecified atom stereocenters. The number of halogens is 2. The summed E-state index contributed by atoms with van der Waals surface area (Å²) in [5.74, 6) is 0.331. The molecule has 0 saturated carbocycles. The van der Waals surface area contributed by atoms with Gasteiger partial charge in [-0.3, -0.25) is 4.79 Å². The number of nitrogens with one attached hydrogen (secondary N) is 2. The number of thioether (sulfide) groups is 1. The highest BCUT2D eigenvalue weighted by atomic mass is 35.5. The molecule has 0 aliphatic rings. The predicted molar refractivity (Wildman–Crippen MR) is 111 cm³/mol. The molecule has 0 saturated heterocycles. The molecular weight excluding hydrogens is 415 g/mol. The van der Waals surface area contributed by atoms with E-state index in [0.29, 0.717) is 18.7 Å². The summed E-state index contributed by atoms with van der Waals surface area (Å²) >= 11 is 13.4. The van der Waals surface area contributed by atoms with Gasteiger partial charge in [-0.25, -0.2) is 8.42 Å². The third-order valence-corrected chi connectivity index (χ3v) is 6.57. The van der Waals surface area contributed by atoms with Crippen molar-refractivity contribution in [3.8, 4) is 0 Å². The maximum absolute atomic E-state index is 12.7. The van der Waals surface area contributed by atoms with Crippen LogP contribution in [0.5, 0.6) is 0 Å². The zero-order chi connectivity index (χ0) is 19.6. The monoisotopic (exact) mass is 440 g/mol. The van der Waals surface area contributed by atoms with Crippen LogP contribution >= 0.6 is 35.0 Å². The minimum Gasteiger partial charge on any atom is -0.355 e. The normalized spacial score (nSPS) is 12.8. The number of sulfonamides is 1. The SMILES string of the molecule is CCCCCCNC(=O)C(CCSC)NS(=O)(=O)c1cc(Cl)ccc1Cl. The Morgan fingerprint density at radius 1 is 1.23 bits per heavy atom. The van der Waals surface area contributed by atoms with Crippen molar-refractivity contribution >= 4 is 50.9 Å². The van der Waals surface area contributed by atoms with Crippen molar-refractivity contribution in [2.45, 2.75) is 50.0 Å². The quantitative estimate of drug-likeness (QED) is 0.479. The summed E-state index contributed by atoms with van der Waals surface area (Å²) in [7, 11) is -3.96. The van der Waals surface area contributed by atoms with Gasteiger partial charge in [0.15, 0.2) is 0 Å². The topological polar surface area (TPSA) is 75.3 Å². The lowest BCUT2D eigenvalue weighted by Gasteiger charge is -2.19. The zero-order valence-electron chi connectivity index (χ0n) is 15.1. The van der Waals surface area contributed by atoms with Gasteiger partial charge in [-0.05, 0) is 43.0 Å². The third-order valence-electron chi connectivity index (χ3n) is 3.74. The van der Waals surface area contributed by atoms with Crippen LogP contribution in [0, 0.1) is 0 Å². The predicted octanol–water partition coefficient (Wildman–Crippen LogP) is 4.09. The first-order valence-corrected chi connectivity index (χ1v) is 12.2. The van der Waals surface area contributed by atoms with Crippen molar-refractivity contribution in [2.75, 3.05) is 18.6 Å². The smallest absolute Gasteiger partial charge is 0.242 e. The molecule has 0 aromatic heterocycles. The minimum absolute atomic E-state index is 0.0606. The molecule has 0 radical (unpaired) electrons. The van der Waals surface area contributed by atoms with Gasteiger partial charge >= 0.3 is 0 Å². The van der Waals surface area contributed by atoms with Gasteiger partial charge in [0, 0.05) is 11.6 Å². The Labute approximate surface area is 170 Å². The van der Waals surface area contributed by atoms with Crippen LogP contribution in [-0.2, 0) is 14.8 Å². The Hall–Kier alpha value is -0.470. The summed E-state index contributed by atoms with van der Waals surface area (Å²) in [6.45, 7) is 2.65. The van der Waals surface area contributed by atoms with Crippen molar-refractivity contribution in [2.24, 2.45) is 0 Å². The van der Waals surface area contributed by atoms with Gasteiger partial charge in [-0.1, -0.05) is 49.4 Å². The van der Waals surface area contributed by atoms with Gasteiger partial charge in [-0.15, -0.1) is 0 Å². The first-order chi connectivity index (χ1) is 12.3. The largest absolute Gasteiger partial charge is 0.355 e. The molecule has 1 aromatic rings. The maximum Gasteiger partial charge on any atom is 0.242 e. The third kappa shape index (κ3) is 8.05. The molecule has 26 heavy (non-hydrogen) atoms. The second-order valence-corrected chi connectivity index (χ2v) is 9.39. The number of benzene rings is 1. The summed E-state index contributed by atoms with van der Waals surface area (Å²) in [5.41, 5.74) is 0. The van der Waals surface area contributed by atoms with Crippen LogP contribution in [0.1, 0.15) is 39.0 Å². The van der Waals surface area contributed by atoms with E-state index in [9.17, 15) is 13.2 Å². The lowest BCUT2D eigenvalue weighted by Crippen LogP contribution is -2.47. The highest BCUT2D eigenvalue weighted by Gasteiger charge is 2.27. The molecule has 0 bridgehead atoms. The molecule has 0 fully saturated rings. The lowest BCUT2D eigenvalue weighted by atomic mass is 10.2. The van der Waals surface area contributed by atoms with Crippen molar-refractivity contribution < 1.29 is 13.2 Å². The molecule has 1 aromatic carbocycles. The summed E-state index contributed by atoms with van der Waals surface area (Å²) < 4.78 is 27.8. The highest BCUT2D eigenvalue weighted by Crippen LogP contribution is 2.25. The summed E-state index contributed by atoms with van der Waals surface area (Å²) in [4.78, 5) is 12.3. The van der Waals surface area contributed by atoms with Gasteiger partial charge in [0.25, 0.3) is 0 Å². The van der Waals surface area contributed by atoms with Crippen molar-refractivity contribution in [3.63, 3.8) is 0 Å². The van der Waals surface area contributed by atoms with E-state index in [2.05, 4.69) is 17.0 Å². The number of carbonyl (C=O) groups excluding carboxylic acids is 1. The van der Waals surface area contributed by atoms with E-state index >= 15 is 0 Å². The minimum atomic E-state index is -3.96. The van der Waals surface area contributed by atoms with Crippen LogP contribution in [0.15, 0.2) is 23.1 Å². The standard InChI is InChI=1S/C17H26Cl2N2O3S2/c1-3-4-5-6-10-20-17(22)15(9-11-25-2)21-26(23,24)16-12-13(18)7-8-14(16)19/h7-8,12,15,21H,3-6,9-11H2,1-2H3,(H,20,22). The molecular formula is C17H26Cl2N2O3S2. The second-order valence-electron chi connectivity index (χ2n) is 5.88. The van der Waals surface area contributed by atoms with E-state index < -0.39 is 16.1 Å². The van der Waals surface area contributed by atoms with E-state index in [1.807, 2.05) is 6.26 Å². The van der Waals surface area contributed by atoms with E-state index in [4.69, 9.17) is 23.2 Å². The zero-order valence-corrected chi connectivity index (χ0v) is 18.2. The Kier molecular flexibility index (Phi) is 11.0. The van der Waals surface area contributed by atoms with Crippen LogP contribution < -0.4 is 10.0 Å². The molecule has 0 aliphatic carbocycles. The molecule has 0 spiro atoms. The summed E-state index contributed by atoms with van der Waals surface area (Å²) in [6, 6.07) is 3.36. The lowest BCUT2D eigenvalue weighted by molar-refractivity contribution is -0.122. The molecule has 1 amide bonds. The Morgan fingerprint density at radius 3 is 2.62 bits per heavy atom. The molecule has 0 heterocycles. The molecule has 1 atom stereocenters. The van der Waals surface area contributed by atoms with Gasteiger partial charge in [0.1, 0.15) is 10.9 Å². The molecule has 9 heteroatoms. The first-order valence-electron chi connectivity index (χ1n) is 8.55. The van der Waals surface area contributed by atoms with Gasteiger partial charge in [-0.2, -0.15) is 16.5 Å². The van der Waals surface area contributed by atoms with Crippen LogP contribution in [0.3, 0.4) is 0 Å². The van der Waals surface area contributed by atoms with Crippen molar-refractivity contribution in [1.29, 1.82) is 0 Å². The number of unbranched alkanes of at least 4 members (excludes halogenated alkanes) is 3. The van der Waals surface area contributed by atoms with E-state index in [1.165, 1.54) is 18.2 Å². The van der Waals surface area contributed by atoms with E-state index in [-0.39, 0.29) is 20.8 Å². The van der Waals surface area contributed by atoms with Gasteiger partial charge in [0.05, 0.1) is 5.02 Å². The number of rotatable bonds is 12. The van der Waals surface area contributed by atoms with Gasteiger partial charge in [0.2, 0.25) is 15.9 Å². The Balaban J connectivity index is 2.81. The number of hydrogen-bond donors (Lipinski definition) is 2. The first kappa shape index (κ1) is 23.6. The average molecular weight is 441 g/mol.